The summed E-state index contributed by atoms with van der Waals surface area (Å²) in [5, 5.41) is 18.2. The molecule has 5 heteroatoms. The van der Waals surface area contributed by atoms with Crippen LogP contribution in [0, 0.1) is 17.6 Å². The summed E-state index contributed by atoms with van der Waals surface area (Å²) in [4.78, 5) is 0. The quantitative estimate of drug-likeness (QED) is 0.357. The molecule has 2 aromatic rings. The fourth-order valence-corrected chi connectivity index (χ4v) is 3.74. The van der Waals surface area contributed by atoms with Gasteiger partial charge in [0.15, 0.2) is 11.6 Å². The first-order valence-corrected chi connectivity index (χ1v) is 11.5. The third-order valence-electron chi connectivity index (χ3n) is 5.68. The second-order valence-corrected chi connectivity index (χ2v) is 8.16. The predicted molar refractivity (Wildman–Crippen MR) is 120 cm³/mol. The van der Waals surface area contributed by atoms with Crippen LogP contribution in [0.25, 0.3) is 0 Å². The van der Waals surface area contributed by atoms with Crippen molar-refractivity contribution < 1.29 is 23.7 Å². The summed E-state index contributed by atoms with van der Waals surface area (Å²) < 4.78 is 34.7. The number of benzene rings is 2. The Kier molecular flexibility index (Phi) is 11.5. The summed E-state index contributed by atoms with van der Waals surface area (Å²) in [7, 11) is 0. The smallest absolute Gasteiger partial charge is 0.162 e. The number of aliphatic hydroxyl groups excluding tert-OH is 2. The van der Waals surface area contributed by atoms with Gasteiger partial charge in [-0.15, -0.1) is 0 Å². The molecule has 172 valence electrons. The first-order valence-electron chi connectivity index (χ1n) is 11.5. The summed E-state index contributed by atoms with van der Waals surface area (Å²) in [6.45, 7) is 2.82. The first-order chi connectivity index (χ1) is 15.1. The Bertz CT molecular complexity index is 756. The van der Waals surface area contributed by atoms with Crippen molar-refractivity contribution in [2.75, 3.05) is 19.8 Å². The van der Waals surface area contributed by atoms with Crippen LogP contribution in [-0.2, 0) is 19.3 Å². The molecule has 0 radical (unpaired) electrons. The van der Waals surface area contributed by atoms with Crippen molar-refractivity contribution in [3.05, 3.63) is 64.7 Å². The van der Waals surface area contributed by atoms with Gasteiger partial charge in [0, 0.05) is 13.2 Å². The lowest BCUT2D eigenvalue weighted by Gasteiger charge is -2.16. The zero-order chi connectivity index (χ0) is 22.5. The van der Waals surface area contributed by atoms with Crippen LogP contribution in [0.5, 0.6) is 5.75 Å². The molecule has 0 bridgehead atoms. The molecule has 0 fully saturated rings. The van der Waals surface area contributed by atoms with Crippen LogP contribution in [-0.4, -0.2) is 30.0 Å². The van der Waals surface area contributed by atoms with Gasteiger partial charge in [0.2, 0.25) is 0 Å². The molecule has 0 spiro atoms. The van der Waals surface area contributed by atoms with Gasteiger partial charge >= 0.3 is 0 Å². The normalized spacial score (nSPS) is 11.3. The molecule has 31 heavy (non-hydrogen) atoms. The molecule has 0 atom stereocenters. The molecule has 0 aliphatic heterocycles. The number of ether oxygens (including phenoxy) is 1. The van der Waals surface area contributed by atoms with E-state index in [1.54, 1.807) is 12.1 Å². The molecule has 0 heterocycles. The number of hydrogen-bond donors (Lipinski definition) is 2. The standard InChI is InChI=1S/C26H36F2O3/c1-2-3-18-31-24-12-8-20(9-13-24)6-4-5-7-22-10-11-23(26(28)25(22)27)19-21(14-16-29)15-17-30/h8-13,21,29-30H,2-7,14-19H2,1H3. The van der Waals surface area contributed by atoms with Crippen LogP contribution in [0.15, 0.2) is 36.4 Å². The second kappa shape index (κ2) is 14.2. The minimum atomic E-state index is -0.794. The summed E-state index contributed by atoms with van der Waals surface area (Å²) in [5.74, 6) is -0.733. The molecule has 0 aromatic heterocycles. The number of hydrogen-bond acceptors (Lipinski definition) is 3. The third-order valence-corrected chi connectivity index (χ3v) is 5.68. The topological polar surface area (TPSA) is 49.7 Å². The zero-order valence-electron chi connectivity index (χ0n) is 18.6. The highest BCUT2D eigenvalue weighted by atomic mass is 19.2. The Balaban J connectivity index is 1.82. The van der Waals surface area contributed by atoms with Crippen molar-refractivity contribution in [3.63, 3.8) is 0 Å². The lowest BCUT2D eigenvalue weighted by atomic mass is 9.92. The highest BCUT2D eigenvalue weighted by Crippen LogP contribution is 2.23. The molecule has 2 rings (SSSR count). The van der Waals surface area contributed by atoms with E-state index < -0.39 is 11.6 Å². The summed E-state index contributed by atoms with van der Waals surface area (Å²) in [6, 6.07) is 11.4. The molecule has 0 aliphatic rings. The Morgan fingerprint density at radius 1 is 0.806 bits per heavy atom. The molecule has 0 amide bonds. The lowest BCUT2D eigenvalue weighted by Crippen LogP contribution is -2.11. The van der Waals surface area contributed by atoms with E-state index in [1.807, 2.05) is 12.1 Å². The van der Waals surface area contributed by atoms with Crippen LogP contribution in [0.1, 0.15) is 62.1 Å². The van der Waals surface area contributed by atoms with Gasteiger partial charge in [-0.25, -0.2) is 8.78 Å². The van der Waals surface area contributed by atoms with Gasteiger partial charge in [0.05, 0.1) is 6.61 Å². The lowest BCUT2D eigenvalue weighted by molar-refractivity contribution is 0.214. The molecule has 2 N–H and O–H groups in total. The Morgan fingerprint density at radius 3 is 2.06 bits per heavy atom. The van der Waals surface area contributed by atoms with Gasteiger partial charge in [0.25, 0.3) is 0 Å². The largest absolute Gasteiger partial charge is 0.494 e. The molecule has 0 saturated heterocycles. The van der Waals surface area contributed by atoms with Gasteiger partial charge < -0.3 is 14.9 Å². The second-order valence-electron chi connectivity index (χ2n) is 8.16. The molecule has 0 saturated carbocycles. The van der Waals surface area contributed by atoms with Crippen molar-refractivity contribution in [1.29, 1.82) is 0 Å². The average molecular weight is 435 g/mol. The number of rotatable bonds is 15. The van der Waals surface area contributed by atoms with Crippen molar-refractivity contribution in [3.8, 4) is 5.75 Å². The maximum atomic E-state index is 14.5. The van der Waals surface area contributed by atoms with Crippen molar-refractivity contribution in [1.82, 2.24) is 0 Å². The Morgan fingerprint density at radius 2 is 1.42 bits per heavy atom. The molecular formula is C26H36F2O3. The molecule has 0 unspecified atom stereocenters. The minimum Gasteiger partial charge on any atom is -0.494 e. The summed E-state index contributed by atoms with van der Waals surface area (Å²) in [5.41, 5.74) is 1.93. The predicted octanol–water partition coefficient (Wildman–Crippen LogP) is 5.63. The minimum absolute atomic E-state index is 0.0263. The number of aryl methyl sites for hydroxylation is 2. The van der Waals surface area contributed by atoms with Crippen LogP contribution >= 0.6 is 0 Å². The summed E-state index contributed by atoms with van der Waals surface area (Å²) >= 11 is 0. The SMILES string of the molecule is CCCCOc1ccc(CCCCc2ccc(CC(CCO)CCO)c(F)c2F)cc1. The highest BCUT2D eigenvalue weighted by molar-refractivity contribution is 5.28. The third kappa shape index (κ3) is 8.58. The van der Waals surface area contributed by atoms with E-state index in [0.29, 0.717) is 36.8 Å². The maximum absolute atomic E-state index is 14.5. The van der Waals surface area contributed by atoms with Gasteiger partial charge in [0.1, 0.15) is 5.75 Å². The van der Waals surface area contributed by atoms with E-state index >= 15 is 0 Å². The number of unbranched alkanes of at least 4 members (excludes halogenated alkanes) is 2. The van der Waals surface area contributed by atoms with Gasteiger partial charge in [-0.3, -0.25) is 0 Å². The monoisotopic (exact) mass is 434 g/mol. The van der Waals surface area contributed by atoms with E-state index in [2.05, 4.69) is 19.1 Å². The average Bonchev–Trinajstić information content (AvgIpc) is 2.77. The zero-order valence-corrected chi connectivity index (χ0v) is 18.6. The molecular weight excluding hydrogens is 398 g/mol. The summed E-state index contributed by atoms with van der Waals surface area (Å²) in [6.07, 6.45) is 6.48. The van der Waals surface area contributed by atoms with E-state index in [9.17, 15) is 8.78 Å². The number of halogens is 2. The van der Waals surface area contributed by atoms with Crippen LogP contribution in [0.2, 0.25) is 0 Å². The van der Waals surface area contributed by atoms with Gasteiger partial charge in [-0.1, -0.05) is 37.6 Å². The van der Waals surface area contributed by atoms with Crippen molar-refractivity contribution >= 4 is 0 Å². The molecule has 2 aromatic carbocycles. The van der Waals surface area contributed by atoms with E-state index in [0.717, 1.165) is 44.5 Å². The van der Waals surface area contributed by atoms with Gasteiger partial charge in [-0.05, 0) is 86.1 Å². The van der Waals surface area contributed by atoms with E-state index in [4.69, 9.17) is 14.9 Å². The van der Waals surface area contributed by atoms with Crippen LogP contribution < -0.4 is 4.74 Å². The Hall–Kier alpha value is -1.98. The molecule has 3 nitrogen and oxygen atoms in total. The Labute approximate surface area is 185 Å². The van der Waals surface area contributed by atoms with E-state index in [1.165, 1.54) is 5.56 Å². The van der Waals surface area contributed by atoms with Crippen LogP contribution in [0.4, 0.5) is 8.78 Å². The fourth-order valence-electron chi connectivity index (χ4n) is 3.74. The van der Waals surface area contributed by atoms with Crippen molar-refractivity contribution in [2.24, 2.45) is 5.92 Å². The fraction of sp³-hybridized carbons (Fsp3) is 0.538. The first kappa shape index (κ1) is 25.3. The van der Waals surface area contributed by atoms with E-state index in [-0.39, 0.29) is 19.1 Å². The highest BCUT2D eigenvalue weighted by Gasteiger charge is 2.17. The maximum Gasteiger partial charge on any atom is 0.162 e. The number of aliphatic hydroxyl groups is 2. The van der Waals surface area contributed by atoms with Gasteiger partial charge in [-0.2, -0.15) is 0 Å². The van der Waals surface area contributed by atoms with Crippen molar-refractivity contribution in [2.45, 2.75) is 64.7 Å². The molecule has 0 aliphatic carbocycles. The van der Waals surface area contributed by atoms with Crippen LogP contribution in [0.3, 0.4) is 0 Å².